The molecule has 6 nitrogen and oxygen atoms in total. The minimum absolute atomic E-state index is 0.0208. The molecule has 0 saturated carbocycles. The van der Waals surface area contributed by atoms with Crippen LogP contribution < -0.4 is 15.8 Å². The highest BCUT2D eigenvalue weighted by Gasteiger charge is 2.09. The third kappa shape index (κ3) is 3.37. The minimum Gasteiger partial charge on any atom is -0.397 e. The standard InChI is InChI=1S/C13H18N4O2S/c1-2-17-20(18,19)9-8-15-12-6-7-16-13-10(12)4-3-5-11(13)14/h3-7,17H,2,8-9,14H2,1H3,(H,15,16). The normalized spacial score (nSPS) is 11.7. The maximum atomic E-state index is 11.6. The number of benzene rings is 1. The van der Waals surface area contributed by atoms with E-state index in [-0.39, 0.29) is 5.75 Å². The Morgan fingerprint density at radius 2 is 2.10 bits per heavy atom. The first-order valence-electron chi connectivity index (χ1n) is 6.38. The van der Waals surface area contributed by atoms with E-state index in [4.69, 9.17) is 5.73 Å². The number of rotatable bonds is 6. The second kappa shape index (κ2) is 6.06. The highest BCUT2D eigenvalue weighted by Crippen LogP contribution is 2.25. The van der Waals surface area contributed by atoms with Crippen LogP contribution in [-0.4, -0.2) is 32.2 Å². The highest BCUT2D eigenvalue weighted by molar-refractivity contribution is 7.89. The fraction of sp³-hybridized carbons (Fsp3) is 0.308. The lowest BCUT2D eigenvalue weighted by Crippen LogP contribution is -2.29. The van der Waals surface area contributed by atoms with Gasteiger partial charge in [-0.2, -0.15) is 0 Å². The molecule has 2 aromatic rings. The topological polar surface area (TPSA) is 97.1 Å². The number of nitrogens with two attached hydrogens (primary N) is 1. The summed E-state index contributed by atoms with van der Waals surface area (Å²) in [5, 5.41) is 4.00. The molecule has 0 aliphatic rings. The first-order chi connectivity index (χ1) is 9.53. The van der Waals surface area contributed by atoms with E-state index in [2.05, 4.69) is 15.0 Å². The van der Waals surface area contributed by atoms with Crippen molar-refractivity contribution in [2.75, 3.05) is 29.9 Å². The van der Waals surface area contributed by atoms with E-state index in [9.17, 15) is 8.42 Å². The quantitative estimate of drug-likeness (QED) is 0.695. The van der Waals surface area contributed by atoms with Crippen LogP contribution in [0.3, 0.4) is 0 Å². The molecule has 0 saturated heterocycles. The molecule has 1 heterocycles. The van der Waals surface area contributed by atoms with Gasteiger partial charge in [0.05, 0.1) is 17.0 Å². The summed E-state index contributed by atoms with van der Waals surface area (Å²) in [7, 11) is -3.22. The molecule has 0 amide bonds. The molecular weight excluding hydrogens is 276 g/mol. The van der Waals surface area contributed by atoms with Gasteiger partial charge in [-0.15, -0.1) is 0 Å². The number of nitrogens with zero attached hydrogens (tertiary/aromatic N) is 1. The van der Waals surface area contributed by atoms with Crippen molar-refractivity contribution in [1.82, 2.24) is 9.71 Å². The molecule has 0 unspecified atom stereocenters. The van der Waals surface area contributed by atoms with Crippen molar-refractivity contribution in [3.63, 3.8) is 0 Å². The number of nitrogens with one attached hydrogen (secondary N) is 2. The Morgan fingerprint density at radius 3 is 2.85 bits per heavy atom. The van der Waals surface area contributed by atoms with Crippen LogP contribution in [0.2, 0.25) is 0 Å². The molecule has 108 valence electrons. The van der Waals surface area contributed by atoms with Gasteiger partial charge in [-0.05, 0) is 12.1 Å². The van der Waals surface area contributed by atoms with Crippen LogP contribution in [0.25, 0.3) is 10.9 Å². The smallest absolute Gasteiger partial charge is 0.213 e. The second-order valence-electron chi connectivity index (χ2n) is 4.35. The van der Waals surface area contributed by atoms with Gasteiger partial charge in [0.15, 0.2) is 0 Å². The molecule has 0 aliphatic heterocycles. The number of aromatic nitrogens is 1. The SMILES string of the molecule is CCNS(=O)(=O)CCNc1ccnc2c(N)cccc12. The van der Waals surface area contributed by atoms with Crippen LogP contribution >= 0.6 is 0 Å². The Balaban J connectivity index is 2.13. The zero-order valence-electron chi connectivity index (χ0n) is 11.3. The number of nitrogen functional groups attached to an aromatic ring is 1. The van der Waals surface area contributed by atoms with Crippen LogP contribution in [-0.2, 0) is 10.0 Å². The predicted molar refractivity (Wildman–Crippen MR) is 82.1 cm³/mol. The van der Waals surface area contributed by atoms with Crippen molar-refractivity contribution in [2.45, 2.75) is 6.92 Å². The summed E-state index contributed by atoms with van der Waals surface area (Å²) in [6.45, 7) is 2.48. The Morgan fingerprint density at radius 1 is 1.30 bits per heavy atom. The van der Waals surface area contributed by atoms with Gasteiger partial charge < -0.3 is 11.1 Å². The van der Waals surface area contributed by atoms with Crippen molar-refractivity contribution in [1.29, 1.82) is 0 Å². The number of anilines is 2. The number of sulfonamides is 1. The predicted octanol–water partition coefficient (Wildman–Crippen LogP) is 1.17. The number of para-hydroxylation sites is 1. The summed E-state index contributed by atoms with van der Waals surface area (Å²) in [5.41, 5.74) is 8.01. The van der Waals surface area contributed by atoms with Crippen molar-refractivity contribution >= 4 is 32.3 Å². The van der Waals surface area contributed by atoms with Crippen LogP contribution in [0.15, 0.2) is 30.5 Å². The Kier molecular flexibility index (Phi) is 4.41. The summed E-state index contributed by atoms with van der Waals surface area (Å²) in [5.74, 6) is 0.0208. The van der Waals surface area contributed by atoms with Crippen LogP contribution in [0.1, 0.15) is 6.92 Å². The van der Waals surface area contributed by atoms with Crippen molar-refractivity contribution in [2.24, 2.45) is 0 Å². The summed E-state index contributed by atoms with van der Waals surface area (Å²) < 4.78 is 25.6. The lowest BCUT2D eigenvalue weighted by Gasteiger charge is -2.10. The maximum Gasteiger partial charge on any atom is 0.213 e. The third-order valence-electron chi connectivity index (χ3n) is 2.85. The van der Waals surface area contributed by atoms with Gasteiger partial charge in [-0.25, -0.2) is 13.1 Å². The highest BCUT2D eigenvalue weighted by atomic mass is 32.2. The van der Waals surface area contributed by atoms with Gasteiger partial charge in [0, 0.05) is 30.4 Å². The molecule has 4 N–H and O–H groups in total. The second-order valence-corrected chi connectivity index (χ2v) is 6.27. The molecule has 0 aliphatic carbocycles. The molecule has 1 aromatic heterocycles. The van der Waals surface area contributed by atoms with E-state index in [1.165, 1.54) is 0 Å². The van der Waals surface area contributed by atoms with Crippen LogP contribution in [0, 0.1) is 0 Å². The molecule has 0 bridgehead atoms. The monoisotopic (exact) mass is 294 g/mol. The molecule has 0 fully saturated rings. The lowest BCUT2D eigenvalue weighted by molar-refractivity contribution is 0.584. The molecular formula is C13H18N4O2S. The molecule has 0 spiro atoms. The first kappa shape index (κ1) is 14.5. The van der Waals surface area contributed by atoms with E-state index in [1.807, 2.05) is 18.2 Å². The largest absolute Gasteiger partial charge is 0.397 e. The van der Waals surface area contributed by atoms with Gasteiger partial charge >= 0.3 is 0 Å². The Hall–Kier alpha value is -1.86. The van der Waals surface area contributed by atoms with Crippen molar-refractivity contribution < 1.29 is 8.42 Å². The van der Waals surface area contributed by atoms with Gasteiger partial charge in [-0.1, -0.05) is 19.1 Å². The number of hydrogen-bond acceptors (Lipinski definition) is 5. The molecule has 2 rings (SSSR count). The van der Waals surface area contributed by atoms with Gasteiger partial charge in [0.1, 0.15) is 0 Å². The summed E-state index contributed by atoms with van der Waals surface area (Å²) in [6.07, 6.45) is 1.65. The zero-order chi connectivity index (χ0) is 14.6. The number of fused-ring (bicyclic) bond motifs is 1. The third-order valence-corrected chi connectivity index (χ3v) is 4.32. The van der Waals surface area contributed by atoms with Gasteiger partial charge in [0.25, 0.3) is 0 Å². The van der Waals surface area contributed by atoms with Crippen molar-refractivity contribution in [3.05, 3.63) is 30.5 Å². The number of hydrogen-bond donors (Lipinski definition) is 3. The Bertz CT molecular complexity index is 701. The van der Waals surface area contributed by atoms with Gasteiger partial charge in [-0.3, -0.25) is 4.98 Å². The van der Waals surface area contributed by atoms with E-state index < -0.39 is 10.0 Å². The van der Waals surface area contributed by atoms with Gasteiger partial charge in [0.2, 0.25) is 10.0 Å². The summed E-state index contributed by atoms with van der Waals surface area (Å²) >= 11 is 0. The fourth-order valence-electron chi connectivity index (χ4n) is 1.97. The first-order valence-corrected chi connectivity index (χ1v) is 8.03. The molecule has 7 heteroatoms. The lowest BCUT2D eigenvalue weighted by atomic mass is 10.1. The van der Waals surface area contributed by atoms with Crippen LogP contribution in [0.5, 0.6) is 0 Å². The molecule has 1 aromatic carbocycles. The average Bonchev–Trinajstić information content (AvgIpc) is 2.39. The molecule has 0 atom stereocenters. The van der Waals surface area contributed by atoms with E-state index in [0.717, 1.165) is 11.1 Å². The molecule has 0 radical (unpaired) electrons. The van der Waals surface area contributed by atoms with E-state index in [0.29, 0.717) is 24.3 Å². The van der Waals surface area contributed by atoms with E-state index in [1.54, 1.807) is 19.2 Å². The number of pyridine rings is 1. The summed E-state index contributed by atoms with van der Waals surface area (Å²) in [6, 6.07) is 7.34. The fourth-order valence-corrected chi connectivity index (χ4v) is 2.92. The summed E-state index contributed by atoms with van der Waals surface area (Å²) in [4.78, 5) is 4.23. The zero-order valence-corrected chi connectivity index (χ0v) is 12.1. The molecule has 20 heavy (non-hydrogen) atoms. The van der Waals surface area contributed by atoms with E-state index >= 15 is 0 Å². The van der Waals surface area contributed by atoms with Crippen molar-refractivity contribution in [3.8, 4) is 0 Å². The minimum atomic E-state index is -3.22. The van der Waals surface area contributed by atoms with Crippen LogP contribution in [0.4, 0.5) is 11.4 Å². The maximum absolute atomic E-state index is 11.6. The average molecular weight is 294 g/mol. The Labute approximate surface area is 118 Å².